The summed E-state index contributed by atoms with van der Waals surface area (Å²) in [5.74, 6) is 1.26. The second-order valence-corrected chi connectivity index (χ2v) is 12.9. The summed E-state index contributed by atoms with van der Waals surface area (Å²) in [7, 11) is 0. The first-order chi connectivity index (χ1) is 23.0. The van der Waals surface area contributed by atoms with Gasteiger partial charge >= 0.3 is 0 Å². The van der Waals surface area contributed by atoms with Gasteiger partial charge in [0.05, 0.1) is 0 Å². The van der Waals surface area contributed by atoms with Crippen LogP contribution in [-0.4, -0.2) is 20.4 Å². The summed E-state index contributed by atoms with van der Waals surface area (Å²) in [6.07, 6.45) is 3.07. The first-order valence-corrected chi connectivity index (χ1v) is 16.4. The number of hydrogen-bond acceptors (Lipinski definition) is 4. The third kappa shape index (κ3) is 8.08. The van der Waals surface area contributed by atoms with E-state index in [0.717, 1.165) is 63.8 Å². The molecule has 0 aliphatic carbocycles. The molecule has 6 rings (SSSR count). The highest BCUT2D eigenvalue weighted by Gasteiger charge is 2.25. The fraction of sp³-hybridized carbons (Fsp3) is 0.182. The molecule has 0 amide bonds. The lowest BCUT2D eigenvalue weighted by atomic mass is 9.76. The number of benzene rings is 6. The van der Waals surface area contributed by atoms with Gasteiger partial charge in [0.25, 0.3) is 0 Å². The van der Waals surface area contributed by atoms with E-state index in [1.165, 1.54) is 11.1 Å². The van der Waals surface area contributed by atoms with Gasteiger partial charge in [0, 0.05) is 16.5 Å². The molecule has 0 fully saturated rings. The van der Waals surface area contributed by atoms with E-state index >= 15 is 0 Å². The van der Waals surface area contributed by atoms with Gasteiger partial charge in [-0.2, -0.15) is 0 Å². The van der Waals surface area contributed by atoms with Gasteiger partial charge in [-0.15, -0.1) is 0 Å². The third-order valence-electron chi connectivity index (χ3n) is 9.06. The number of aryl methyl sites for hydroxylation is 4. The topological polar surface area (TPSA) is 80.9 Å². The first kappa shape index (κ1) is 33.9. The van der Waals surface area contributed by atoms with Crippen LogP contribution in [0, 0.1) is 13.8 Å². The van der Waals surface area contributed by atoms with E-state index in [9.17, 15) is 20.4 Å². The van der Waals surface area contributed by atoms with Gasteiger partial charge in [-0.05, 0) is 114 Å². The summed E-state index contributed by atoms with van der Waals surface area (Å²) in [4.78, 5) is 0. The predicted molar refractivity (Wildman–Crippen MR) is 197 cm³/mol. The van der Waals surface area contributed by atoms with E-state index in [4.69, 9.17) is 0 Å². The Morgan fingerprint density at radius 1 is 0.438 bits per heavy atom. The Morgan fingerprint density at radius 3 is 1.19 bits per heavy atom. The third-order valence-corrected chi connectivity index (χ3v) is 9.06. The molecule has 0 aliphatic rings. The van der Waals surface area contributed by atoms with E-state index < -0.39 is 0 Å². The zero-order valence-corrected chi connectivity index (χ0v) is 28.1. The lowest BCUT2D eigenvalue weighted by Crippen LogP contribution is -2.19. The molecule has 0 atom stereocenters. The molecule has 0 saturated heterocycles. The number of aromatic hydroxyl groups is 4. The van der Waals surface area contributed by atoms with E-state index in [-0.39, 0.29) is 16.9 Å². The fourth-order valence-electron chi connectivity index (χ4n) is 5.96. The van der Waals surface area contributed by atoms with Crippen molar-refractivity contribution in [1.29, 1.82) is 0 Å². The standard InChI is InChI=1S/C27H24O2.C17H20O2/c1-27(2,21-13-15-25(28)23(17-21)19-9-5-3-6-10-19)22-14-16-26(29)24(18-22)20-11-7-4-8-12-20;1-12-10-14(6-8-16(12)18)4-3-5-15-7-9-17(19)13(2)11-15/h3-18,28-29H,1-2H3;6-11,18-19H,3-5H2,1-2H3. The maximum Gasteiger partial charge on any atom is 0.123 e. The molecule has 48 heavy (non-hydrogen) atoms. The minimum Gasteiger partial charge on any atom is -0.508 e. The molecule has 0 saturated carbocycles. The molecule has 4 N–H and O–H groups in total. The van der Waals surface area contributed by atoms with Crippen molar-refractivity contribution in [3.8, 4) is 45.3 Å². The van der Waals surface area contributed by atoms with E-state index in [1.54, 1.807) is 24.3 Å². The highest BCUT2D eigenvalue weighted by molar-refractivity contribution is 5.73. The van der Waals surface area contributed by atoms with Gasteiger partial charge in [-0.3, -0.25) is 0 Å². The molecule has 6 aromatic carbocycles. The quantitative estimate of drug-likeness (QED) is 0.134. The van der Waals surface area contributed by atoms with Crippen LogP contribution in [0.25, 0.3) is 22.3 Å². The SMILES string of the molecule is CC(C)(c1ccc(O)c(-c2ccccc2)c1)c1ccc(O)c(-c2ccccc2)c1.Cc1cc(CCCc2ccc(O)c(C)c2)ccc1O. The molecule has 0 heterocycles. The zero-order chi connectivity index (χ0) is 34.3. The monoisotopic (exact) mass is 636 g/mol. The van der Waals surface area contributed by atoms with Gasteiger partial charge in [0.1, 0.15) is 23.0 Å². The molecule has 0 radical (unpaired) electrons. The minimum atomic E-state index is -0.311. The van der Waals surface area contributed by atoms with Crippen LogP contribution in [0.2, 0.25) is 0 Å². The summed E-state index contributed by atoms with van der Waals surface area (Å²) in [6.45, 7) is 8.16. The summed E-state index contributed by atoms with van der Waals surface area (Å²) in [5, 5.41) is 39.8. The largest absolute Gasteiger partial charge is 0.508 e. The number of rotatable bonds is 8. The van der Waals surface area contributed by atoms with Gasteiger partial charge in [-0.25, -0.2) is 0 Å². The average Bonchev–Trinajstić information content (AvgIpc) is 3.09. The van der Waals surface area contributed by atoms with Crippen molar-refractivity contribution in [2.75, 3.05) is 0 Å². The van der Waals surface area contributed by atoms with Crippen LogP contribution in [0.5, 0.6) is 23.0 Å². The Balaban J connectivity index is 0.000000206. The van der Waals surface area contributed by atoms with Gasteiger partial charge < -0.3 is 20.4 Å². The summed E-state index contributed by atoms with van der Waals surface area (Å²) >= 11 is 0. The van der Waals surface area contributed by atoms with E-state index in [1.807, 2.05) is 111 Å². The van der Waals surface area contributed by atoms with Crippen molar-refractivity contribution < 1.29 is 20.4 Å². The second kappa shape index (κ2) is 15.0. The molecular formula is C44H44O4. The van der Waals surface area contributed by atoms with E-state index in [2.05, 4.69) is 26.0 Å². The Bertz CT molecular complexity index is 1840. The van der Waals surface area contributed by atoms with Crippen LogP contribution in [0.4, 0.5) is 0 Å². The molecule has 0 unspecified atom stereocenters. The summed E-state index contributed by atoms with van der Waals surface area (Å²) < 4.78 is 0. The van der Waals surface area contributed by atoms with Crippen LogP contribution >= 0.6 is 0 Å². The molecule has 0 spiro atoms. The Hall–Kier alpha value is -5.48. The molecule has 4 heteroatoms. The van der Waals surface area contributed by atoms with Gasteiger partial charge in [0.2, 0.25) is 0 Å². The minimum absolute atomic E-state index is 0.270. The van der Waals surface area contributed by atoms with Crippen LogP contribution < -0.4 is 0 Å². The Kier molecular flexibility index (Phi) is 10.6. The number of hydrogen-bond donors (Lipinski definition) is 4. The van der Waals surface area contributed by atoms with E-state index in [0.29, 0.717) is 11.5 Å². The molecule has 0 aromatic heterocycles. The Labute approximate surface area is 284 Å². The first-order valence-electron chi connectivity index (χ1n) is 16.4. The lowest BCUT2D eigenvalue weighted by Gasteiger charge is -2.28. The number of phenolic OH excluding ortho intramolecular Hbond substituents is 4. The van der Waals surface area contributed by atoms with Crippen molar-refractivity contribution in [1.82, 2.24) is 0 Å². The zero-order valence-electron chi connectivity index (χ0n) is 28.1. The average molecular weight is 637 g/mol. The summed E-state index contributed by atoms with van der Waals surface area (Å²) in [6, 6.07) is 42.9. The molecule has 0 bridgehead atoms. The predicted octanol–water partition coefficient (Wildman–Crippen LogP) is 10.6. The maximum absolute atomic E-state index is 10.4. The Morgan fingerprint density at radius 2 is 0.812 bits per heavy atom. The smallest absolute Gasteiger partial charge is 0.123 e. The number of phenols is 4. The van der Waals surface area contributed by atoms with Crippen LogP contribution in [0.15, 0.2) is 133 Å². The van der Waals surface area contributed by atoms with Crippen LogP contribution in [0.3, 0.4) is 0 Å². The molecule has 4 nitrogen and oxygen atoms in total. The van der Waals surface area contributed by atoms with Gasteiger partial charge in [-0.1, -0.05) is 111 Å². The molecule has 6 aromatic rings. The van der Waals surface area contributed by atoms with Crippen molar-refractivity contribution in [2.24, 2.45) is 0 Å². The van der Waals surface area contributed by atoms with Crippen molar-refractivity contribution in [3.63, 3.8) is 0 Å². The van der Waals surface area contributed by atoms with Gasteiger partial charge in [0.15, 0.2) is 0 Å². The highest BCUT2D eigenvalue weighted by Crippen LogP contribution is 2.40. The van der Waals surface area contributed by atoms with Crippen molar-refractivity contribution in [3.05, 3.63) is 167 Å². The molecular weight excluding hydrogens is 592 g/mol. The second-order valence-electron chi connectivity index (χ2n) is 12.9. The molecule has 0 aliphatic heterocycles. The summed E-state index contributed by atoms with van der Waals surface area (Å²) in [5.41, 5.74) is 9.85. The maximum atomic E-state index is 10.4. The van der Waals surface area contributed by atoms with Crippen molar-refractivity contribution >= 4 is 0 Å². The van der Waals surface area contributed by atoms with Crippen LogP contribution in [-0.2, 0) is 18.3 Å². The van der Waals surface area contributed by atoms with Crippen LogP contribution in [0.1, 0.15) is 53.6 Å². The molecule has 244 valence electrons. The highest BCUT2D eigenvalue weighted by atomic mass is 16.3. The lowest BCUT2D eigenvalue weighted by molar-refractivity contribution is 0.470. The normalized spacial score (nSPS) is 11.1. The van der Waals surface area contributed by atoms with Crippen molar-refractivity contribution in [2.45, 2.75) is 52.4 Å². The fourth-order valence-corrected chi connectivity index (χ4v) is 5.96.